The van der Waals surface area contributed by atoms with Crippen LogP contribution >= 0.6 is 0 Å². The van der Waals surface area contributed by atoms with Crippen LogP contribution in [0.15, 0.2) is 103 Å². The number of aromatic nitrogens is 2. The molecule has 2 aliphatic heterocycles. The first-order valence-corrected chi connectivity index (χ1v) is 27.0. The Morgan fingerprint density at radius 1 is 0.641 bits per heavy atom. The van der Waals surface area contributed by atoms with Crippen molar-refractivity contribution in [1.82, 2.24) is 20.6 Å². The number of alkyl halides is 3. The molecular formula is C60H69F3N4O11. The third kappa shape index (κ3) is 15.4. The molecule has 0 bridgehead atoms. The van der Waals surface area contributed by atoms with Crippen LogP contribution in [0.25, 0.3) is 0 Å². The van der Waals surface area contributed by atoms with Gasteiger partial charge in [-0.25, -0.2) is 19.6 Å². The number of hydrogen-bond donors (Lipinski definition) is 4. The average Bonchev–Trinajstić information content (AvgIpc) is 4.25. The van der Waals surface area contributed by atoms with Crippen molar-refractivity contribution < 1.29 is 66.2 Å². The Morgan fingerprint density at radius 2 is 1.15 bits per heavy atom. The first-order valence-electron chi connectivity index (χ1n) is 27.0. The Balaban J connectivity index is 0.980. The van der Waals surface area contributed by atoms with E-state index in [4.69, 9.17) is 18.9 Å². The number of pyridine rings is 2. The molecule has 4 N–H and O–H groups in total. The highest BCUT2D eigenvalue weighted by molar-refractivity contribution is 5.98. The SMILES string of the molecule is COc1ccnc(C(=O)NC2CCCC(CCCc3ccc(CC4OC(=O)C(NC(=O)c5nccc(OC)c5O)CCCC(CC5CC5)C4Cc4ccccc4)cc3)C(Cc3ccc(OC(F)(F)F)cc3)C(C)OC2=O)c1O. The maximum absolute atomic E-state index is 14.3. The highest BCUT2D eigenvalue weighted by atomic mass is 19.4. The van der Waals surface area contributed by atoms with Crippen LogP contribution in [0.3, 0.4) is 0 Å². The van der Waals surface area contributed by atoms with E-state index < -0.39 is 65.9 Å². The summed E-state index contributed by atoms with van der Waals surface area (Å²) in [5.74, 6) is -3.11. The molecule has 3 aromatic carbocycles. The van der Waals surface area contributed by atoms with E-state index in [-0.39, 0.29) is 58.7 Å². The van der Waals surface area contributed by atoms with Gasteiger partial charge in [-0.1, -0.05) is 92.4 Å². The molecule has 1 aliphatic carbocycles. The molecule has 3 aliphatic rings. The fourth-order valence-corrected chi connectivity index (χ4v) is 11.3. The molecule has 3 fully saturated rings. The summed E-state index contributed by atoms with van der Waals surface area (Å²) in [6.45, 7) is 1.80. The van der Waals surface area contributed by atoms with Gasteiger partial charge in [0.05, 0.1) is 14.2 Å². The monoisotopic (exact) mass is 1080 g/mol. The van der Waals surface area contributed by atoms with Gasteiger partial charge >= 0.3 is 18.3 Å². The summed E-state index contributed by atoms with van der Waals surface area (Å²) < 4.78 is 66.2. The number of esters is 2. The van der Waals surface area contributed by atoms with Gasteiger partial charge in [-0.2, -0.15) is 0 Å². The van der Waals surface area contributed by atoms with Gasteiger partial charge in [0.2, 0.25) is 0 Å². The smallest absolute Gasteiger partial charge is 0.503 e. The molecule has 1 saturated carbocycles. The number of benzene rings is 3. The number of amides is 2. The van der Waals surface area contributed by atoms with E-state index in [2.05, 4.69) is 61.7 Å². The summed E-state index contributed by atoms with van der Waals surface area (Å²) in [4.78, 5) is 63.1. The summed E-state index contributed by atoms with van der Waals surface area (Å²) in [5, 5.41) is 26.8. The van der Waals surface area contributed by atoms with Gasteiger partial charge in [-0.3, -0.25) is 9.59 Å². The maximum atomic E-state index is 14.3. The Labute approximate surface area is 452 Å². The number of carbonyl (C=O) groups excluding carboxylic acids is 4. The zero-order chi connectivity index (χ0) is 55.3. The standard InChI is InChI=1S/C60H69F3N4O11/c1-36-45(33-40-24-26-44(27-25-40)78-60(61,62)63)42(14-8-16-47(58(72)76-36)66-56(70)52-54(68)49(74-2)28-30-64-52)13-7-12-37-18-20-41(21-19-37)35-51-46(34-38-10-5-4-6-11-38)43(32-39-22-23-39)15-9-17-48(59(73)77-51)67-57(71)53-55(69)50(75-3)29-31-65-53/h4-6,10-11,18-21,24-31,36,39,42-43,45-48,51,68-69H,7-9,12-17,22-23,32-35H2,1-3H3,(H,66,70)(H,67,71). The number of carbonyl (C=O) groups is 4. The predicted molar refractivity (Wildman–Crippen MR) is 282 cm³/mol. The van der Waals surface area contributed by atoms with Gasteiger partial charge in [-0.05, 0) is 123 Å². The number of hydrogen-bond acceptors (Lipinski definition) is 13. The predicted octanol–water partition coefficient (Wildman–Crippen LogP) is 10.2. The molecule has 8 rings (SSSR count). The van der Waals surface area contributed by atoms with Gasteiger partial charge in [0.25, 0.3) is 11.8 Å². The van der Waals surface area contributed by atoms with E-state index >= 15 is 0 Å². The summed E-state index contributed by atoms with van der Waals surface area (Å²) in [6.07, 6.45) is 7.16. The highest BCUT2D eigenvalue weighted by Crippen LogP contribution is 2.43. The van der Waals surface area contributed by atoms with E-state index in [9.17, 15) is 42.6 Å². The van der Waals surface area contributed by atoms with Crippen LogP contribution in [-0.2, 0) is 44.7 Å². The first-order chi connectivity index (χ1) is 37.5. The Morgan fingerprint density at radius 3 is 1.72 bits per heavy atom. The summed E-state index contributed by atoms with van der Waals surface area (Å²) >= 11 is 0. The van der Waals surface area contributed by atoms with Crippen molar-refractivity contribution in [3.8, 4) is 28.7 Å². The van der Waals surface area contributed by atoms with Crippen molar-refractivity contribution in [2.24, 2.45) is 29.6 Å². The zero-order valence-corrected chi connectivity index (χ0v) is 44.2. The van der Waals surface area contributed by atoms with Crippen LogP contribution < -0.4 is 24.8 Å². The van der Waals surface area contributed by atoms with E-state index in [1.54, 1.807) is 19.1 Å². The van der Waals surface area contributed by atoms with Crippen molar-refractivity contribution in [3.05, 3.63) is 137 Å². The second-order valence-corrected chi connectivity index (χ2v) is 21.0. The molecule has 416 valence electrons. The normalized spacial score (nSPS) is 23.1. The molecule has 78 heavy (non-hydrogen) atoms. The largest absolute Gasteiger partial charge is 0.573 e. The molecule has 8 atom stereocenters. The maximum Gasteiger partial charge on any atom is 0.573 e. The van der Waals surface area contributed by atoms with E-state index in [1.807, 2.05) is 18.2 Å². The van der Waals surface area contributed by atoms with Crippen molar-refractivity contribution in [1.29, 1.82) is 0 Å². The average molecular weight is 1080 g/mol. The number of ether oxygens (including phenoxy) is 5. The number of cyclic esters (lactones) is 2. The molecule has 15 nitrogen and oxygen atoms in total. The first kappa shape index (κ1) is 56.8. The van der Waals surface area contributed by atoms with Crippen molar-refractivity contribution in [3.63, 3.8) is 0 Å². The Hall–Kier alpha value is -7.37. The molecule has 4 heterocycles. The summed E-state index contributed by atoms with van der Waals surface area (Å²) in [5.41, 5.74) is 3.42. The summed E-state index contributed by atoms with van der Waals surface area (Å²) in [7, 11) is 2.72. The van der Waals surface area contributed by atoms with Crippen molar-refractivity contribution >= 4 is 23.8 Å². The lowest BCUT2D eigenvalue weighted by atomic mass is 9.76. The van der Waals surface area contributed by atoms with Gasteiger partial charge in [-0.15, -0.1) is 13.2 Å². The van der Waals surface area contributed by atoms with Crippen molar-refractivity contribution in [2.75, 3.05) is 14.2 Å². The molecule has 2 aromatic heterocycles. The summed E-state index contributed by atoms with van der Waals surface area (Å²) in [6, 6.07) is 25.1. The number of nitrogens with zero attached hydrogens (tertiary/aromatic N) is 2. The van der Waals surface area contributed by atoms with Gasteiger partial charge in [0.15, 0.2) is 34.4 Å². The number of methoxy groups -OCH3 is 2. The topological polar surface area (TPSA) is 205 Å². The van der Waals surface area contributed by atoms with Gasteiger partial charge in [0.1, 0.15) is 30.0 Å². The lowest BCUT2D eigenvalue weighted by molar-refractivity contribution is -0.274. The lowest BCUT2D eigenvalue weighted by Gasteiger charge is -2.34. The second kappa shape index (κ2) is 26.3. The van der Waals surface area contributed by atoms with Crippen LogP contribution in [0, 0.1) is 29.6 Å². The minimum atomic E-state index is -4.84. The van der Waals surface area contributed by atoms with Gasteiger partial charge < -0.3 is 44.5 Å². The van der Waals surface area contributed by atoms with E-state index in [0.717, 1.165) is 47.9 Å². The molecule has 18 heteroatoms. The minimum absolute atomic E-state index is 0.00558. The molecule has 2 amide bonds. The van der Waals surface area contributed by atoms with E-state index in [1.165, 1.54) is 63.7 Å². The number of aryl methyl sites for hydroxylation is 1. The lowest BCUT2D eigenvalue weighted by Crippen LogP contribution is -2.44. The third-order valence-corrected chi connectivity index (χ3v) is 15.6. The van der Waals surface area contributed by atoms with Crippen LogP contribution in [0.1, 0.15) is 121 Å². The van der Waals surface area contributed by atoms with Crippen LogP contribution in [0.2, 0.25) is 0 Å². The third-order valence-electron chi connectivity index (χ3n) is 15.6. The Bertz CT molecular complexity index is 2810. The molecule has 2 saturated heterocycles. The van der Waals surface area contributed by atoms with Crippen LogP contribution in [0.4, 0.5) is 13.2 Å². The van der Waals surface area contributed by atoms with Crippen LogP contribution in [-0.4, -0.2) is 88.8 Å². The zero-order valence-electron chi connectivity index (χ0n) is 44.2. The highest BCUT2D eigenvalue weighted by Gasteiger charge is 2.40. The molecule has 8 unspecified atom stereocenters. The van der Waals surface area contributed by atoms with Crippen LogP contribution in [0.5, 0.6) is 28.7 Å². The molecule has 0 radical (unpaired) electrons. The van der Waals surface area contributed by atoms with Crippen molar-refractivity contribution in [2.45, 2.75) is 134 Å². The molecular weight excluding hydrogens is 1010 g/mol. The fraction of sp³-hybridized carbons (Fsp3) is 0.467. The number of aromatic hydroxyl groups is 2. The quantitative estimate of drug-likeness (QED) is 0.0569. The second-order valence-electron chi connectivity index (χ2n) is 21.0. The van der Waals surface area contributed by atoms with Gasteiger partial charge in [0, 0.05) is 42.8 Å². The minimum Gasteiger partial charge on any atom is -0.503 e. The van der Waals surface area contributed by atoms with E-state index in [0.29, 0.717) is 57.3 Å². The molecule has 5 aromatic rings. The number of rotatable bonds is 19. The molecule has 0 spiro atoms. The number of halogens is 3. The fourth-order valence-electron chi connectivity index (χ4n) is 11.3. The number of nitrogens with one attached hydrogen (secondary N) is 2. The Kier molecular flexibility index (Phi) is 19.2.